The maximum Gasteiger partial charge on any atom is 0.248 e. The van der Waals surface area contributed by atoms with Crippen LogP contribution in [0.2, 0.25) is 0 Å². The van der Waals surface area contributed by atoms with E-state index in [2.05, 4.69) is 12.2 Å². The highest BCUT2D eigenvalue weighted by molar-refractivity contribution is 7.99. The summed E-state index contributed by atoms with van der Waals surface area (Å²) in [5, 5.41) is 21.7. The number of carbonyl (C=O) groups is 1. The number of anilines is 1. The molecule has 0 aliphatic rings. The Balaban J connectivity index is 1.53. The van der Waals surface area contributed by atoms with Crippen molar-refractivity contribution in [3.8, 4) is 11.5 Å². The van der Waals surface area contributed by atoms with E-state index in [1.54, 1.807) is 12.1 Å². The highest BCUT2D eigenvalue weighted by Crippen LogP contribution is 2.25. The zero-order valence-corrected chi connectivity index (χ0v) is 21.4. The van der Waals surface area contributed by atoms with E-state index in [4.69, 9.17) is 0 Å². The van der Waals surface area contributed by atoms with Gasteiger partial charge in [-0.15, -0.1) is 11.8 Å². The smallest absolute Gasteiger partial charge is 0.248 e. The molecule has 0 aromatic heterocycles. The van der Waals surface area contributed by atoms with Gasteiger partial charge < -0.3 is 15.5 Å². The van der Waals surface area contributed by atoms with Gasteiger partial charge in [-0.25, -0.2) is 0 Å². The first-order valence-corrected chi connectivity index (χ1v) is 13.8. The monoisotopic (exact) mass is 483 g/mol. The number of carbonyl (C=O) groups excluding carboxylic acids is 1. The van der Waals surface area contributed by atoms with Crippen LogP contribution in [0, 0.1) is 0 Å². The van der Waals surface area contributed by atoms with E-state index in [1.807, 2.05) is 36.0 Å². The Kier molecular flexibility index (Phi) is 14.0. The second-order valence-electron chi connectivity index (χ2n) is 8.83. The number of amides is 1. The fourth-order valence-corrected chi connectivity index (χ4v) is 4.68. The van der Waals surface area contributed by atoms with Crippen LogP contribution in [0.15, 0.2) is 53.4 Å². The minimum absolute atomic E-state index is 0.182. The van der Waals surface area contributed by atoms with Crippen molar-refractivity contribution in [2.45, 2.75) is 88.9 Å². The number of phenols is 2. The van der Waals surface area contributed by atoms with E-state index in [-0.39, 0.29) is 17.4 Å². The van der Waals surface area contributed by atoms with Gasteiger partial charge in [-0.2, -0.15) is 0 Å². The standard InChI is InChI=1S/C29H41NO3S/c1-2-3-4-5-6-7-8-9-10-11-12-13-22-34-26-18-16-25(17-19-26)30-29(33)21-15-24-14-20-27(31)28(32)23-24/h14-21,23,31-32H,2-13,22H2,1H3,(H,30,33). The molecule has 5 heteroatoms. The number of aromatic hydroxyl groups is 2. The maximum absolute atomic E-state index is 12.1. The van der Waals surface area contributed by atoms with E-state index >= 15 is 0 Å². The van der Waals surface area contributed by atoms with Gasteiger partial charge in [0.1, 0.15) is 0 Å². The molecule has 0 heterocycles. The summed E-state index contributed by atoms with van der Waals surface area (Å²) >= 11 is 1.87. The fraction of sp³-hybridized carbons (Fsp3) is 0.483. The van der Waals surface area contributed by atoms with Gasteiger partial charge >= 0.3 is 0 Å². The molecule has 0 saturated heterocycles. The van der Waals surface area contributed by atoms with Crippen LogP contribution in [0.25, 0.3) is 6.08 Å². The lowest BCUT2D eigenvalue weighted by Crippen LogP contribution is -2.07. The minimum Gasteiger partial charge on any atom is -0.504 e. The summed E-state index contributed by atoms with van der Waals surface area (Å²) in [5.41, 5.74) is 1.38. The zero-order chi connectivity index (χ0) is 24.4. The number of thioether (sulfide) groups is 1. The van der Waals surface area contributed by atoms with Gasteiger partial charge in [-0.1, -0.05) is 83.6 Å². The fourth-order valence-electron chi connectivity index (χ4n) is 3.77. The lowest BCUT2D eigenvalue weighted by molar-refractivity contribution is -0.111. The molecule has 0 fully saturated rings. The molecule has 0 unspecified atom stereocenters. The second kappa shape index (κ2) is 17.1. The van der Waals surface area contributed by atoms with Crippen LogP contribution < -0.4 is 5.32 Å². The molecule has 2 aromatic rings. The first-order valence-electron chi connectivity index (χ1n) is 12.8. The summed E-state index contributed by atoms with van der Waals surface area (Å²) in [5.74, 6) is 0.493. The number of phenolic OH excluding ortho intramolecular Hbond substituents is 2. The molecule has 2 aromatic carbocycles. The zero-order valence-electron chi connectivity index (χ0n) is 20.6. The molecule has 0 atom stereocenters. The van der Waals surface area contributed by atoms with E-state index in [9.17, 15) is 15.0 Å². The Bertz CT molecular complexity index is 864. The first-order chi connectivity index (χ1) is 16.6. The SMILES string of the molecule is CCCCCCCCCCCCCCSc1ccc(NC(=O)C=Cc2ccc(O)c(O)c2)cc1. The number of unbranched alkanes of at least 4 members (excludes halogenated alkanes) is 11. The molecule has 2 rings (SSSR count). The van der Waals surface area contributed by atoms with E-state index in [0.717, 1.165) is 11.4 Å². The second-order valence-corrected chi connectivity index (χ2v) is 10.0. The number of nitrogens with one attached hydrogen (secondary N) is 1. The molecular weight excluding hydrogens is 442 g/mol. The minimum atomic E-state index is -0.246. The quantitative estimate of drug-likeness (QED) is 0.0912. The first kappa shape index (κ1) is 27.8. The van der Waals surface area contributed by atoms with E-state index in [1.165, 1.54) is 100 Å². The third-order valence-corrected chi connectivity index (χ3v) is 6.91. The normalized spacial score (nSPS) is 11.2. The van der Waals surface area contributed by atoms with Crippen LogP contribution in [-0.4, -0.2) is 21.9 Å². The number of hydrogen-bond acceptors (Lipinski definition) is 4. The van der Waals surface area contributed by atoms with Crippen molar-refractivity contribution in [2.75, 3.05) is 11.1 Å². The predicted molar refractivity (Wildman–Crippen MR) is 146 cm³/mol. The largest absolute Gasteiger partial charge is 0.504 e. The van der Waals surface area contributed by atoms with Gasteiger partial charge in [0.15, 0.2) is 11.5 Å². The maximum atomic E-state index is 12.1. The van der Waals surface area contributed by atoms with Gasteiger partial charge in [-0.05, 0) is 60.2 Å². The van der Waals surface area contributed by atoms with Gasteiger partial charge in [0, 0.05) is 16.7 Å². The molecule has 34 heavy (non-hydrogen) atoms. The highest BCUT2D eigenvalue weighted by Gasteiger charge is 2.02. The van der Waals surface area contributed by atoms with E-state index in [0.29, 0.717) is 5.56 Å². The van der Waals surface area contributed by atoms with Crippen molar-refractivity contribution < 1.29 is 15.0 Å². The van der Waals surface area contributed by atoms with Gasteiger partial charge in [0.05, 0.1) is 0 Å². The summed E-state index contributed by atoms with van der Waals surface area (Å²) < 4.78 is 0. The lowest BCUT2D eigenvalue weighted by atomic mass is 10.1. The Hall–Kier alpha value is -2.40. The highest BCUT2D eigenvalue weighted by atomic mass is 32.2. The molecule has 4 nitrogen and oxygen atoms in total. The summed E-state index contributed by atoms with van der Waals surface area (Å²) in [6, 6.07) is 12.3. The van der Waals surface area contributed by atoms with Gasteiger partial charge in [-0.3, -0.25) is 4.79 Å². The summed E-state index contributed by atoms with van der Waals surface area (Å²) in [4.78, 5) is 13.3. The average molecular weight is 484 g/mol. The topological polar surface area (TPSA) is 69.6 Å². The number of rotatable bonds is 17. The van der Waals surface area contributed by atoms with Crippen molar-refractivity contribution in [3.05, 3.63) is 54.1 Å². The Labute approximate surface area is 209 Å². The van der Waals surface area contributed by atoms with Crippen molar-refractivity contribution in [1.82, 2.24) is 0 Å². The number of benzene rings is 2. The average Bonchev–Trinajstić information content (AvgIpc) is 2.84. The van der Waals surface area contributed by atoms with Gasteiger partial charge in [0.25, 0.3) is 0 Å². The van der Waals surface area contributed by atoms with Crippen LogP contribution in [0.3, 0.4) is 0 Å². The molecule has 0 radical (unpaired) electrons. The Morgan fingerprint density at radius 2 is 1.38 bits per heavy atom. The van der Waals surface area contributed by atoms with Crippen molar-refractivity contribution in [3.63, 3.8) is 0 Å². The number of hydrogen-bond donors (Lipinski definition) is 3. The van der Waals surface area contributed by atoms with Crippen LogP contribution >= 0.6 is 11.8 Å². The molecule has 0 bridgehead atoms. The predicted octanol–water partition coefficient (Wildman–Crippen LogP) is 8.54. The molecule has 0 spiro atoms. The van der Waals surface area contributed by atoms with Gasteiger partial charge in [0.2, 0.25) is 5.91 Å². The Morgan fingerprint density at radius 1 is 0.794 bits per heavy atom. The third kappa shape index (κ3) is 12.2. The molecule has 0 aliphatic carbocycles. The Morgan fingerprint density at radius 3 is 1.97 bits per heavy atom. The van der Waals surface area contributed by atoms with Crippen LogP contribution in [0.4, 0.5) is 5.69 Å². The lowest BCUT2D eigenvalue weighted by Gasteiger charge is -2.05. The summed E-state index contributed by atoms with van der Waals surface area (Å²) in [7, 11) is 0. The molecule has 0 aliphatic heterocycles. The molecular formula is C29H41NO3S. The van der Waals surface area contributed by atoms with Crippen molar-refractivity contribution in [1.29, 1.82) is 0 Å². The third-order valence-electron chi connectivity index (χ3n) is 5.82. The van der Waals surface area contributed by atoms with Crippen molar-refractivity contribution in [2.24, 2.45) is 0 Å². The van der Waals surface area contributed by atoms with Crippen LogP contribution in [0.1, 0.15) is 89.5 Å². The summed E-state index contributed by atoms with van der Waals surface area (Å²) in [6.07, 6.45) is 19.5. The molecule has 0 saturated carbocycles. The van der Waals surface area contributed by atoms with Crippen LogP contribution in [0.5, 0.6) is 11.5 Å². The molecule has 186 valence electrons. The van der Waals surface area contributed by atoms with E-state index < -0.39 is 0 Å². The summed E-state index contributed by atoms with van der Waals surface area (Å²) in [6.45, 7) is 2.27. The van der Waals surface area contributed by atoms with Crippen LogP contribution in [-0.2, 0) is 4.79 Å². The van der Waals surface area contributed by atoms with Crippen molar-refractivity contribution >= 4 is 29.4 Å². The molecule has 3 N–H and O–H groups in total. The molecule has 1 amide bonds.